The molecule has 2 heterocycles. The van der Waals surface area contributed by atoms with Crippen LogP contribution >= 0.6 is 24.0 Å². The monoisotopic (exact) mass is 470 g/mol. The van der Waals surface area contributed by atoms with E-state index in [0.29, 0.717) is 21.3 Å². The summed E-state index contributed by atoms with van der Waals surface area (Å²) in [5, 5.41) is 0. The molecule has 0 N–H and O–H groups in total. The first kappa shape index (κ1) is 21.6. The Morgan fingerprint density at radius 2 is 1.58 bits per heavy atom. The summed E-state index contributed by atoms with van der Waals surface area (Å²) in [4.78, 5) is 30.9. The zero-order valence-electron chi connectivity index (χ0n) is 18.4. The fourth-order valence-corrected chi connectivity index (χ4v) is 5.75. The van der Waals surface area contributed by atoms with E-state index in [9.17, 15) is 9.59 Å². The van der Waals surface area contributed by atoms with Crippen LogP contribution in [-0.4, -0.2) is 22.7 Å². The maximum atomic E-state index is 13.6. The molecule has 5 rings (SSSR count). The van der Waals surface area contributed by atoms with E-state index in [0.717, 1.165) is 40.0 Å². The first-order chi connectivity index (χ1) is 16.0. The molecule has 1 fully saturated rings. The Bertz CT molecular complexity index is 1330. The lowest BCUT2D eigenvalue weighted by Crippen LogP contribution is -2.30. The van der Waals surface area contributed by atoms with E-state index in [4.69, 9.17) is 12.2 Å². The number of carbonyl (C=O) groups excluding carboxylic acids is 2. The molecule has 0 aliphatic carbocycles. The predicted molar refractivity (Wildman–Crippen MR) is 139 cm³/mol. The van der Waals surface area contributed by atoms with Gasteiger partial charge in [0.2, 0.25) is 0 Å². The molecule has 0 aromatic heterocycles. The smallest absolute Gasteiger partial charge is 0.271 e. The third kappa shape index (κ3) is 3.79. The van der Waals surface area contributed by atoms with Crippen molar-refractivity contribution in [3.63, 3.8) is 0 Å². The average Bonchev–Trinajstić information content (AvgIpc) is 3.25. The van der Waals surface area contributed by atoms with Crippen LogP contribution in [0.15, 0.2) is 77.7 Å². The number of benzene rings is 3. The molecule has 0 atom stereocenters. The van der Waals surface area contributed by atoms with Gasteiger partial charge in [-0.15, -0.1) is 0 Å². The predicted octanol–water partition coefficient (Wildman–Crippen LogP) is 5.67. The summed E-state index contributed by atoms with van der Waals surface area (Å²) in [6, 6.07) is 23.7. The molecule has 0 saturated carbocycles. The molecule has 164 valence electrons. The van der Waals surface area contributed by atoms with Gasteiger partial charge in [0.1, 0.15) is 0 Å². The number of amides is 2. The van der Waals surface area contributed by atoms with Crippen LogP contribution in [0.5, 0.6) is 0 Å². The molecule has 1 saturated heterocycles. The molecule has 33 heavy (non-hydrogen) atoms. The van der Waals surface area contributed by atoms with Gasteiger partial charge >= 0.3 is 0 Å². The lowest BCUT2D eigenvalue weighted by atomic mass is 10.1. The van der Waals surface area contributed by atoms with Crippen molar-refractivity contribution in [1.82, 2.24) is 0 Å². The number of nitrogens with zero attached hydrogens (tertiary/aromatic N) is 2. The third-order valence-corrected chi connectivity index (χ3v) is 7.35. The number of para-hydroxylation sites is 1. The highest BCUT2D eigenvalue weighted by Gasteiger charge is 2.42. The number of thiocarbonyl (C=S) groups is 1. The van der Waals surface area contributed by atoms with E-state index in [1.807, 2.05) is 74.5 Å². The minimum absolute atomic E-state index is 0.145. The Balaban J connectivity index is 1.53. The van der Waals surface area contributed by atoms with Gasteiger partial charge in [0, 0.05) is 12.1 Å². The molecule has 2 aliphatic heterocycles. The largest absolute Gasteiger partial charge is 0.307 e. The SMILES string of the molecule is Cc1ccc(N2C(=O)C(=C3C(=O)N(CCc4ccccc4)c4ccccc43)SC2=S)c(C)c1. The van der Waals surface area contributed by atoms with Gasteiger partial charge in [-0.05, 0) is 43.5 Å². The van der Waals surface area contributed by atoms with Gasteiger partial charge in [0.15, 0.2) is 4.32 Å². The first-order valence-corrected chi connectivity index (χ1v) is 12.0. The van der Waals surface area contributed by atoms with E-state index < -0.39 is 0 Å². The number of anilines is 2. The Labute approximate surface area is 202 Å². The van der Waals surface area contributed by atoms with Crippen molar-refractivity contribution in [3.8, 4) is 0 Å². The molecule has 0 bridgehead atoms. The standard InChI is InChI=1S/C27H22N2O2S2/c1-17-12-13-21(18(2)16-17)29-26(31)24(33-27(29)32)23-20-10-6-7-11-22(20)28(25(23)30)15-14-19-8-4-3-5-9-19/h3-13,16H,14-15H2,1-2H3. The number of thioether (sulfide) groups is 1. The van der Waals surface area contributed by atoms with Gasteiger partial charge < -0.3 is 4.90 Å². The second-order valence-electron chi connectivity index (χ2n) is 8.21. The number of aryl methyl sites for hydroxylation is 2. The van der Waals surface area contributed by atoms with Crippen molar-refractivity contribution < 1.29 is 9.59 Å². The summed E-state index contributed by atoms with van der Waals surface area (Å²) < 4.78 is 0.447. The maximum absolute atomic E-state index is 13.6. The second-order valence-corrected chi connectivity index (χ2v) is 9.86. The van der Waals surface area contributed by atoms with Crippen LogP contribution in [0.1, 0.15) is 22.3 Å². The van der Waals surface area contributed by atoms with Gasteiger partial charge in [-0.1, -0.05) is 90.2 Å². The van der Waals surface area contributed by atoms with Crippen molar-refractivity contribution in [3.05, 3.63) is 100.0 Å². The Hall–Kier alpha value is -3.22. The zero-order valence-corrected chi connectivity index (χ0v) is 20.0. The molecule has 3 aromatic carbocycles. The molecule has 6 heteroatoms. The van der Waals surface area contributed by atoms with Crippen LogP contribution in [0.4, 0.5) is 11.4 Å². The Morgan fingerprint density at radius 1 is 0.848 bits per heavy atom. The molecular weight excluding hydrogens is 448 g/mol. The fraction of sp³-hybridized carbons (Fsp3) is 0.148. The zero-order chi connectivity index (χ0) is 23.1. The summed E-state index contributed by atoms with van der Waals surface area (Å²) in [5.74, 6) is -0.381. The van der Waals surface area contributed by atoms with Crippen molar-refractivity contribution in [1.29, 1.82) is 0 Å². The molecule has 3 aromatic rings. The van der Waals surface area contributed by atoms with Gasteiger partial charge in [-0.2, -0.15) is 0 Å². The van der Waals surface area contributed by atoms with E-state index in [-0.39, 0.29) is 11.8 Å². The summed E-state index contributed by atoms with van der Waals surface area (Å²) in [6.45, 7) is 4.53. The van der Waals surface area contributed by atoms with E-state index in [1.54, 1.807) is 9.80 Å². The minimum Gasteiger partial charge on any atom is -0.307 e. The molecule has 0 spiro atoms. The highest BCUT2D eigenvalue weighted by molar-refractivity contribution is 8.27. The molecule has 0 unspecified atom stereocenters. The summed E-state index contributed by atoms with van der Waals surface area (Å²) in [5.41, 5.74) is 6.09. The first-order valence-electron chi connectivity index (χ1n) is 10.8. The third-order valence-electron chi connectivity index (χ3n) is 5.98. The van der Waals surface area contributed by atoms with Crippen molar-refractivity contribution in [2.75, 3.05) is 16.3 Å². The van der Waals surface area contributed by atoms with Crippen LogP contribution in [-0.2, 0) is 16.0 Å². The molecule has 0 radical (unpaired) electrons. The molecule has 2 aliphatic rings. The van der Waals surface area contributed by atoms with Crippen molar-refractivity contribution in [2.45, 2.75) is 20.3 Å². The second kappa shape index (κ2) is 8.61. The maximum Gasteiger partial charge on any atom is 0.271 e. The number of carbonyl (C=O) groups is 2. The van der Waals surface area contributed by atoms with Crippen LogP contribution in [0.25, 0.3) is 5.57 Å². The van der Waals surface area contributed by atoms with Gasteiger partial charge in [0.25, 0.3) is 11.8 Å². The lowest BCUT2D eigenvalue weighted by molar-refractivity contribution is -0.115. The van der Waals surface area contributed by atoms with Gasteiger partial charge in [-0.3, -0.25) is 14.5 Å². The molecular formula is C27H22N2O2S2. The highest BCUT2D eigenvalue weighted by atomic mass is 32.2. The van der Waals surface area contributed by atoms with Crippen molar-refractivity contribution in [2.24, 2.45) is 0 Å². The number of fused-ring (bicyclic) bond motifs is 1. The van der Waals surface area contributed by atoms with Gasteiger partial charge in [-0.25, -0.2) is 0 Å². The van der Waals surface area contributed by atoms with Gasteiger partial charge in [0.05, 0.1) is 21.9 Å². The van der Waals surface area contributed by atoms with Crippen LogP contribution in [0.3, 0.4) is 0 Å². The van der Waals surface area contributed by atoms with Crippen molar-refractivity contribution >= 4 is 57.1 Å². The Morgan fingerprint density at radius 3 is 2.33 bits per heavy atom. The normalized spacial score (nSPS) is 17.8. The number of hydrogen-bond acceptors (Lipinski definition) is 4. The average molecular weight is 471 g/mol. The quantitative estimate of drug-likeness (QED) is 0.364. The van der Waals surface area contributed by atoms with E-state index >= 15 is 0 Å². The van der Waals surface area contributed by atoms with Crippen LogP contribution < -0.4 is 9.80 Å². The van der Waals surface area contributed by atoms with Crippen LogP contribution in [0, 0.1) is 13.8 Å². The number of rotatable bonds is 4. The highest BCUT2D eigenvalue weighted by Crippen LogP contribution is 2.46. The summed E-state index contributed by atoms with van der Waals surface area (Å²) in [7, 11) is 0. The molecule has 4 nitrogen and oxygen atoms in total. The topological polar surface area (TPSA) is 40.6 Å². The number of hydrogen-bond donors (Lipinski definition) is 0. The minimum atomic E-state index is -0.236. The van der Waals surface area contributed by atoms with Crippen LogP contribution in [0.2, 0.25) is 0 Å². The summed E-state index contributed by atoms with van der Waals surface area (Å²) in [6.07, 6.45) is 0.734. The summed E-state index contributed by atoms with van der Waals surface area (Å²) >= 11 is 6.81. The molecule has 2 amide bonds. The van der Waals surface area contributed by atoms with E-state index in [2.05, 4.69) is 12.1 Å². The fourth-order valence-electron chi connectivity index (χ4n) is 4.39. The van der Waals surface area contributed by atoms with E-state index in [1.165, 1.54) is 11.8 Å². The lowest BCUT2D eigenvalue weighted by Gasteiger charge is -2.18. The Kier molecular flexibility index (Phi) is 5.64.